The molecule has 0 bridgehead atoms. The molecule has 1 atom stereocenters. The van der Waals surface area contributed by atoms with Crippen LogP contribution < -0.4 is 4.90 Å². The van der Waals surface area contributed by atoms with E-state index in [1.165, 1.54) is 0 Å². The molecule has 0 radical (unpaired) electrons. The van der Waals surface area contributed by atoms with Crippen molar-refractivity contribution in [2.75, 3.05) is 11.9 Å². The highest BCUT2D eigenvalue weighted by Gasteiger charge is 2.17. The van der Waals surface area contributed by atoms with Crippen molar-refractivity contribution in [3.63, 3.8) is 0 Å². The molecule has 1 aromatic carbocycles. The first-order valence-electron chi connectivity index (χ1n) is 6.43. The lowest BCUT2D eigenvalue weighted by Crippen LogP contribution is -2.30. The maximum atomic E-state index is 10.8. The van der Waals surface area contributed by atoms with Gasteiger partial charge in [0.15, 0.2) is 0 Å². The number of nitro groups is 1. The molecule has 1 rings (SSSR count). The summed E-state index contributed by atoms with van der Waals surface area (Å²) >= 11 is 3.41. The third-order valence-corrected chi connectivity index (χ3v) is 3.88. The molecule has 0 aliphatic carbocycles. The lowest BCUT2D eigenvalue weighted by Gasteiger charge is -2.30. The maximum Gasteiger partial charge on any atom is 0.269 e. The van der Waals surface area contributed by atoms with Crippen molar-refractivity contribution < 1.29 is 4.92 Å². The molecular weight excluding hydrogens is 308 g/mol. The van der Waals surface area contributed by atoms with Crippen molar-refractivity contribution in [1.29, 1.82) is 0 Å². The fourth-order valence-corrected chi connectivity index (χ4v) is 2.66. The quantitative estimate of drug-likeness (QED) is 0.442. The number of benzene rings is 1. The number of non-ortho nitro benzene ring substituents is 1. The Labute approximate surface area is 123 Å². The highest BCUT2D eigenvalue weighted by molar-refractivity contribution is 9.08. The number of nitro benzene ring substituents is 1. The standard InChI is InChI=1S/C14H21BrN2O2/c1-10(2)7-11(3)16(4)14-6-5-13(17(18)19)8-12(14)9-15/h5-6,8,10-11H,7,9H2,1-4H3. The van der Waals surface area contributed by atoms with Crippen molar-refractivity contribution in [3.05, 3.63) is 33.9 Å². The number of anilines is 1. The number of alkyl halides is 1. The molecule has 19 heavy (non-hydrogen) atoms. The van der Waals surface area contributed by atoms with Gasteiger partial charge in [-0.1, -0.05) is 29.8 Å². The third-order valence-electron chi connectivity index (χ3n) is 3.27. The number of nitrogens with zero attached hydrogens (tertiary/aromatic N) is 2. The van der Waals surface area contributed by atoms with Crippen molar-refractivity contribution in [3.8, 4) is 0 Å². The summed E-state index contributed by atoms with van der Waals surface area (Å²) in [4.78, 5) is 12.6. The summed E-state index contributed by atoms with van der Waals surface area (Å²) in [6, 6.07) is 5.45. The normalized spacial score (nSPS) is 12.5. The van der Waals surface area contributed by atoms with E-state index in [9.17, 15) is 10.1 Å². The summed E-state index contributed by atoms with van der Waals surface area (Å²) in [6.45, 7) is 6.58. The van der Waals surface area contributed by atoms with Crippen molar-refractivity contribution in [2.45, 2.75) is 38.6 Å². The molecule has 0 saturated carbocycles. The maximum absolute atomic E-state index is 10.8. The molecule has 4 nitrogen and oxygen atoms in total. The Kier molecular flexibility index (Phi) is 5.79. The fourth-order valence-electron chi connectivity index (χ4n) is 2.21. The van der Waals surface area contributed by atoms with Gasteiger partial charge in [-0.3, -0.25) is 10.1 Å². The Morgan fingerprint density at radius 2 is 2.00 bits per heavy atom. The van der Waals surface area contributed by atoms with Gasteiger partial charge in [-0.05, 0) is 30.9 Å². The van der Waals surface area contributed by atoms with Gasteiger partial charge in [-0.2, -0.15) is 0 Å². The minimum absolute atomic E-state index is 0.142. The largest absolute Gasteiger partial charge is 0.372 e. The summed E-state index contributed by atoms with van der Waals surface area (Å²) in [5, 5.41) is 11.4. The highest BCUT2D eigenvalue weighted by Crippen LogP contribution is 2.28. The summed E-state index contributed by atoms with van der Waals surface area (Å²) in [6.07, 6.45) is 1.09. The monoisotopic (exact) mass is 328 g/mol. The Morgan fingerprint density at radius 3 is 2.47 bits per heavy atom. The number of halogens is 1. The van der Waals surface area contributed by atoms with Crippen molar-refractivity contribution >= 4 is 27.3 Å². The second-order valence-corrected chi connectivity index (χ2v) is 5.85. The van der Waals surface area contributed by atoms with Crippen LogP contribution in [-0.4, -0.2) is 18.0 Å². The van der Waals surface area contributed by atoms with Gasteiger partial charge in [0.1, 0.15) is 0 Å². The van der Waals surface area contributed by atoms with E-state index in [-0.39, 0.29) is 10.6 Å². The first-order valence-corrected chi connectivity index (χ1v) is 7.55. The molecule has 0 heterocycles. The molecule has 0 aliphatic heterocycles. The van der Waals surface area contributed by atoms with Crippen LogP contribution in [0.5, 0.6) is 0 Å². The third kappa shape index (κ3) is 4.20. The van der Waals surface area contributed by atoms with E-state index >= 15 is 0 Å². The van der Waals surface area contributed by atoms with E-state index in [1.54, 1.807) is 12.1 Å². The SMILES string of the molecule is CC(C)CC(C)N(C)c1ccc([N+](=O)[O-])cc1CBr. The Morgan fingerprint density at radius 1 is 1.37 bits per heavy atom. The molecule has 0 N–H and O–H groups in total. The van der Waals surface area contributed by atoms with E-state index in [4.69, 9.17) is 0 Å². The van der Waals surface area contributed by atoms with Gasteiger partial charge < -0.3 is 4.90 Å². The molecule has 0 amide bonds. The van der Waals surface area contributed by atoms with Gasteiger partial charge in [0, 0.05) is 36.2 Å². The molecule has 0 aromatic heterocycles. The molecule has 106 valence electrons. The number of rotatable bonds is 6. The van der Waals surface area contributed by atoms with Crippen LogP contribution in [0, 0.1) is 16.0 Å². The zero-order valence-corrected chi connectivity index (χ0v) is 13.5. The smallest absolute Gasteiger partial charge is 0.269 e. The lowest BCUT2D eigenvalue weighted by molar-refractivity contribution is -0.384. The summed E-state index contributed by atoms with van der Waals surface area (Å²) < 4.78 is 0. The first-order chi connectivity index (χ1) is 8.86. The van der Waals surface area contributed by atoms with E-state index in [1.807, 2.05) is 13.1 Å². The van der Waals surface area contributed by atoms with E-state index in [2.05, 4.69) is 41.6 Å². The summed E-state index contributed by atoms with van der Waals surface area (Å²) in [7, 11) is 2.04. The topological polar surface area (TPSA) is 46.4 Å². The van der Waals surface area contributed by atoms with Gasteiger partial charge in [0.2, 0.25) is 0 Å². The van der Waals surface area contributed by atoms with Crippen LogP contribution in [0.4, 0.5) is 11.4 Å². The lowest BCUT2D eigenvalue weighted by atomic mass is 10.0. The first kappa shape index (κ1) is 16.0. The van der Waals surface area contributed by atoms with Crippen LogP contribution in [-0.2, 0) is 5.33 Å². The molecule has 1 aromatic rings. The van der Waals surface area contributed by atoms with Crippen LogP contribution in [0.2, 0.25) is 0 Å². The van der Waals surface area contributed by atoms with Crippen LogP contribution in [0.25, 0.3) is 0 Å². The van der Waals surface area contributed by atoms with Gasteiger partial charge in [0.25, 0.3) is 5.69 Å². The average Bonchev–Trinajstić information content (AvgIpc) is 2.36. The molecule has 0 fully saturated rings. The molecule has 0 spiro atoms. The van der Waals surface area contributed by atoms with E-state index < -0.39 is 0 Å². The second-order valence-electron chi connectivity index (χ2n) is 5.29. The Hall–Kier alpha value is -1.10. The highest BCUT2D eigenvalue weighted by atomic mass is 79.9. The minimum Gasteiger partial charge on any atom is -0.372 e. The predicted octanol–water partition coefficient (Wildman–Crippen LogP) is 4.36. The van der Waals surface area contributed by atoms with Gasteiger partial charge in [-0.25, -0.2) is 0 Å². The van der Waals surface area contributed by atoms with Crippen molar-refractivity contribution in [2.24, 2.45) is 5.92 Å². The van der Waals surface area contributed by atoms with E-state index in [0.717, 1.165) is 17.7 Å². The van der Waals surface area contributed by atoms with Gasteiger partial charge in [-0.15, -0.1) is 0 Å². The summed E-state index contributed by atoms with van der Waals surface area (Å²) in [5.74, 6) is 0.628. The van der Waals surface area contributed by atoms with E-state index in [0.29, 0.717) is 17.3 Å². The summed E-state index contributed by atoms with van der Waals surface area (Å²) in [5.41, 5.74) is 2.14. The predicted molar refractivity (Wildman–Crippen MR) is 83.0 cm³/mol. The minimum atomic E-state index is -0.354. The van der Waals surface area contributed by atoms with Crippen LogP contribution in [0.1, 0.15) is 32.8 Å². The van der Waals surface area contributed by atoms with Crippen LogP contribution >= 0.6 is 15.9 Å². The zero-order chi connectivity index (χ0) is 14.6. The zero-order valence-electron chi connectivity index (χ0n) is 11.9. The molecular formula is C14H21BrN2O2. The molecule has 0 aliphatic rings. The molecule has 0 saturated heterocycles. The number of hydrogen-bond acceptors (Lipinski definition) is 3. The molecule has 1 unspecified atom stereocenters. The molecule has 5 heteroatoms. The van der Waals surface area contributed by atoms with Gasteiger partial charge >= 0.3 is 0 Å². The van der Waals surface area contributed by atoms with Crippen LogP contribution in [0.15, 0.2) is 18.2 Å². The Bertz CT molecular complexity index is 449. The number of hydrogen-bond donors (Lipinski definition) is 0. The second kappa shape index (κ2) is 6.89. The van der Waals surface area contributed by atoms with Crippen LogP contribution in [0.3, 0.4) is 0 Å². The van der Waals surface area contributed by atoms with Gasteiger partial charge in [0.05, 0.1) is 4.92 Å². The van der Waals surface area contributed by atoms with Crippen molar-refractivity contribution in [1.82, 2.24) is 0 Å². The average molecular weight is 329 g/mol. The Balaban J connectivity index is 3.02. The fraction of sp³-hybridized carbons (Fsp3) is 0.571.